The molecule has 1 aliphatic carbocycles. The second-order valence-corrected chi connectivity index (χ2v) is 7.67. The van der Waals surface area contributed by atoms with Crippen molar-refractivity contribution in [1.82, 2.24) is 20.3 Å². The summed E-state index contributed by atoms with van der Waals surface area (Å²) in [4.78, 5) is 23.5. The minimum absolute atomic E-state index is 0.0438. The molecule has 1 aromatic rings. The zero-order chi connectivity index (χ0) is 21.1. The third-order valence-corrected chi connectivity index (χ3v) is 4.93. The average molecular weight is 394 g/mol. The molecule has 3 N–H and O–H groups in total. The lowest BCUT2D eigenvalue weighted by molar-refractivity contribution is -0.134. The molecule has 0 saturated carbocycles. The molecule has 0 aliphatic heterocycles. The summed E-state index contributed by atoms with van der Waals surface area (Å²) in [6, 6.07) is -1.12. The highest BCUT2D eigenvalue weighted by atomic mass is 16.5. The quantitative estimate of drug-likeness (QED) is 0.610. The van der Waals surface area contributed by atoms with Gasteiger partial charge in [0.05, 0.1) is 30.5 Å². The highest BCUT2D eigenvalue weighted by Crippen LogP contribution is 2.32. The van der Waals surface area contributed by atoms with Crippen LogP contribution in [0.15, 0.2) is 17.8 Å². The highest BCUT2D eigenvalue weighted by molar-refractivity contribution is 5.87. The van der Waals surface area contributed by atoms with Gasteiger partial charge in [0.15, 0.2) is 0 Å². The number of hydrogen-bond acceptors (Lipinski definition) is 6. The number of carboxylic acids is 1. The summed E-state index contributed by atoms with van der Waals surface area (Å²) in [5.41, 5.74) is -0.647. The van der Waals surface area contributed by atoms with Gasteiger partial charge in [-0.15, -0.1) is 5.10 Å². The molecule has 0 aromatic carbocycles. The van der Waals surface area contributed by atoms with Crippen LogP contribution in [0.2, 0.25) is 0 Å². The zero-order valence-electron chi connectivity index (χ0n) is 17.0. The normalized spacial score (nSPS) is 22.8. The van der Waals surface area contributed by atoms with Gasteiger partial charge < -0.3 is 20.3 Å². The number of amides is 1. The fourth-order valence-corrected chi connectivity index (χ4v) is 3.32. The van der Waals surface area contributed by atoms with E-state index in [1.807, 2.05) is 13.8 Å². The van der Waals surface area contributed by atoms with Crippen LogP contribution in [0.4, 0.5) is 0 Å². The SMILES string of the molecule is CCC(CC)O[C@@H]1CC(C(=O)O)=C[C@@H](n2cc(C(C)(C)O)nn2)[C@H]1NC(C)=O. The number of nitrogens with zero attached hydrogens (tertiary/aromatic N) is 3. The Bertz CT molecular complexity index is 733. The van der Waals surface area contributed by atoms with E-state index < -0.39 is 29.8 Å². The summed E-state index contributed by atoms with van der Waals surface area (Å²) >= 11 is 0. The van der Waals surface area contributed by atoms with E-state index in [2.05, 4.69) is 15.6 Å². The van der Waals surface area contributed by atoms with Gasteiger partial charge in [-0.2, -0.15) is 0 Å². The van der Waals surface area contributed by atoms with E-state index >= 15 is 0 Å². The molecule has 0 spiro atoms. The minimum atomic E-state index is -1.19. The first kappa shape index (κ1) is 22.0. The first-order valence-corrected chi connectivity index (χ1v) is 9.58. The molecule has 1 heterocycles. The molecular weight excluding hydrogens is 364 g/mol. The Morgan fingerprint density at radius 2 is 2.04 bits per heavy atom. The van der Waals surface area contributed by atoms with Crippen molar-refractivity contribution in [2.24, 2.45) is 0 Å². The van der Waals surface area contributed by atoms with Crippen LogP contribution in [0, 0.1) is 0 Å². The van der Waals surface area contributed by atoms with E-state index in [1.165, 1.54) is 11.6 Å². The number of aromatic nitrogens is 3. The van der Waals surface area contributed by atoms with Gasteiger partial charge in [0.1, 0.15) is 11.3 Å². The number of aliphatic carboxylic acids is 1. The highest BCUT2D eigenvalue weighted by Gasteiger charge is 2.39. The standard InChI is InChI=1S/C19H30N4O5/c1-6-13(7-2)28-15-9-12(18(25)26)8-14(17(15)20-11(3)24)23-10-16(21-22-23)19(4,5)27/h8,10,13-15,17,27H,6-7,9H2,1-5H3,(H,20,24)(H,25,26)/t14-,15-,17-/m1/s1. The van der Waals surface area contributed by atoms with Gasteiger partial charge in [-0.1, -0.05) is 19.1 Å². The number of rotatable bonds is 8. The van der Waals surface area contributed by atoms with E-state index in [-0.39, 0.29) is 24.0 Å². The summed E-state index contributed by atoms with van der Waals surface area (Å²) in [6.45, 7) is 8.59. The molecule has 28 heavy (non-hydrogen) atoms. The zero-order valence-corrected chi connectivity index (χ0v) is 17.0. The van der Waals surface area contributed by atoms with Crippen molar-refractivity contribution in [2.75, 3.05) is 0 Å². The lowest BCUT2D eigenvalue weighted by Gasteiger charge is -2.38. The van der Waals surface area contributed by atoms with Crippen LogP contribution in [0.25, 0.3) is 0 Å². The number of carbonyl (C=O) groups excluding carboxylic acids is 1. The molecule has 0 bridgehead atoms. The number of nitrogens with one attached hydrogen (secondary N) is 1. The first-order valence-electron chi connectivity index (χ1n) is 9.58. The van der Waals surface area contributed by atoms with Crippen LogP contribution in [0.5, 0.6) is 0 Å². The number of carbonyl (C=O) groups is 2. The predicted molar refractivity (Wildman–Crippen MR) is 101 cm³/mol. The van der Waals surface area contributed by atoms with Gasteiger partial charge in [-0.25, -0.2) is 9.48 Å². The fraction of sp³-hybridized carbons (Fsp3) is 0.684. The van der Waals surface area contributed by atoms with Crippen molar-refractivity contribution in [2.45, 2.75) is 83.8 Å². The minimum Gasteiger partial charge on any atom is -0.478 e. The van der Waals surface area contributed by atoms with E-state index in [1.54, 1.807) is 26.1 Å². The molecule has 9 heteroatoms. The van der Waals surface area contributed by atoms with Crippen molar-refractivity contribution in [3.05, 3.63) is 23.5 Å². The van der Waals surface area contributed by atoms with E-state index in [0.29, 0.717) is 5.69 Å². The topological polar surface area (TPSA) is 127 Å². The predicted octanol–water partition coefficient (Wildman–Crippen LogP) is 1.54. The van der Waals surface area contributed by atoms with Crippen LogP contribution in [0.3, 0.4) is 0 Å². The van der Waals surface area contributed by atoms with Crippen molar-refractivity contribution in [3.8, 4) is 0 Å². The third-order valence-electron chi connectivity index (χ3n) is 4.93. The Hall–Kier alpha value is -2.26. The molecule has 0 radical (unpaired) electrons. The molecule has 9 nitrogen and oxygen atoms in total. The summed E-state index contributed by atoms with van der Waals surface area (Å²) in [6.07, 6.45) is 4.31. The van der Waals surface area contributed by atoms with Crippen LogP contribution in [-0.2, 0) is 19.9 Å². The lowest BCUT2D eigenvalue weighted by Crippen LogP contribution is -2.52. The van der Waals surface area contributed by atoms with Crippen LogP contribution in [-0.4, -0.2) is 55.3 Å². The summed E-state index contributed by atoms with van der Waals surface area (Å²) in [5, 5.41) is 30.7. The number of ether oxygens (including phenoxy) is 1. The Morgan fingerprint density at radius 1 is 1.39 bits per heavy atom. The van der Waals surface area contributed by atoms with E-state index in [4.69, 9.17) is 4.74 Å². The smallest absolute Gasteiger partial charge is 0.331 e. The molecule has 156 valence electrons. The van der Waals surface area contributed by atoms with Crippen molar-refractivity contribution < 1.29 is 24.5 Å². The largest absolute Gasteiger partial charge is 0.478 e. The Labute approximate surface area is 164 Å². The van der Waals surface area contributed by atoms with Gasteiger partial charge >= 0.3 is 5.97 Å². The Morgan fingerprint density at radius 3 is 2.50 bits per heavy atom. The van der Waals surface area contributed by atoms with Crippen LogP contribution in [0.1, 0.15) is 65.6 Å². The maximum absolute atomic E-state index is 11.9. The summed E-state index contributed by atoms with van der Waals surface area (Å²) in [7, 11) is 0. The van der Waals surface area contributed by atoms with E-state index in [9.17, 15) is 19.8 Å². The number of carboxylic acid groups (broad SMARTS) is 1. The average Bonchev–Trinajstić information content (AvgIpc) is 3.10. The van der Waals surface area contributed by atoms with Crippen molar-refractivity contribution >= 4 is 11.9 Å². The van der Waals surface area contributed by atoms with Gasteiger partial charge in [0.2, 0.25) is 5.91 Å². The van der Waals surface area contributed by atoms with Crippen LogP contribution < -0.4 is 5.32 Å². The maximum Gasteiger partial charge on any atom is 0.331 e. The molecule has 0 saturated heterocycles. The second kappa shape index (κ2) is 8.83. The molecule has 2 rings (SSSR count). The van der Waals surface area contributed by atoms with Gasteiger partial charge in [-0.05, 0) is 32.8 Å². The molecule has 0 unspecified atom stereocenters. The van der Waals surface area contributed by atoms with Gasteiger partial charge in [0.25, 0.3) is 0 Å². The monoisotopic (exact) mass is 394 g/mol. The Balaban J connectivity index is 2.47. The number of hydrogen-bond donors (Lipinski definition) is 3. The first-order chi connectivity index (χ1) is 13.1. The summed E-state index contributed by atoms with van der Waals surface area (Å²) < 4.78 is 7.65. The van der Waals surface area contributed by atoms with Gasteiger partial charge in [-0.3, -0.25) is 4.79 Å². The van der Waals surface area contributed by atoms with E-state index in [0.717, 1.165) is 12.8 Å². The fourth-order valence-electron chi connectivity index (χ4n) is 3.32. The second-order valence-electron chi connectivity index (χ2n) is 7.67. The molecule has 0 fully saturated rings. The lowest BCUT2D eigenvalue weighted by atomic mass is 9.87. The van der Waals surface area contributed by atoms with Crippen LogP contribution >= 0.6 is 0 Å². The molecular formula is C19H30N4O5. The molecule has 1 amide bonds. The third kappa shape index (κ3) is 5.17. The maximum atomic E-state index is 11.9. The molecule has 3 atom stereocenters. The number of aliphatic hydroxyl groups is 1. The molecule has 1 aliphatic rings. The van der Waals surface area contributed by atoms with Gasteiger partial charge in [0, 0.05) is 18.9 Å². The molecule has 1 aromatic heterocycles. The van der Waals surface area contributed by atoms with Crippen molar-refractivity contribution in [1.29, 1.82) is 0 Å². The summed E-state index contributed by atoms with van der Waals surface area (Å²) in [5.74, 6) is -1.28. The Kier molecular flexibility index (Phi) is 6.95. The van der Waals surface area contributed by atoms with Crippen molar-refractivity contribution in [3.63, 3.8) is 0 Å².